The summed E-state index contributed by atoms with van der Waals surface area (Å²) in [5.41, 5.74) is -2.04. The summed E-state index contributed by atoms with van der Waals surface area (Å²) in [6.45, 7) is 1.83. The standard InChI is InChI=1S/C22H13F8O3/c1-2-11-3-5-12(6-4-11)18-16(31)10-15(24)19(20(18)25)21(26,27)32-13-7-8-17(14(23)9-13)33-22(28,29)30/h3-10H,2H2,1H3. The summed E-state index contributed by atoms with van der Waals surface area (Å²) < 4.78 is 117. The minimum Gasteiger partial charge on any atom is -0.429 e. The van der Waals surface area contributed by atoms with Crippen molar-refractivity contribution in [1.29, 1.82) is 0 Å². The summed E-state index contributed by atoms with van der Waals surface area (Å²) >= 11 is 0. The van der Waals surface area contributed by atoms with Gasteiger partial charge in [0, 0.05) is 12.1 Å². The largest absolute Gasteiger partial charge is 0.573 e. The van der Waals surface area contributed by atoms with Crippen LogP contribution in [-0.2, 0) is 17.6 Å². The molecule has 0 aromatic heterocycles. The Morgan fingerprint density at radius 3 is 2.00 bits per heavy atom. The topological polar surface area (TPSA) is 38.4 Å². The van der Waals surface area contributed by atoms with E-state index in [2.05, 4.69) is 9.47 Å². The van der Waals surface area contributed by atoms with Crippen molar-refractivity contribution in [1.82, 2.24) is 0 Å². The van der Waals surface area contributed by atoms with E-state index in [1.165, 1.54) is 24.3 Å². The molecule has 0 fully saturated rings. The van der Waals surface area contributed by atoms with Crippen LogP contribution >= 0.6 is 0 Å². The predicted molar refractivity (Wildman–Crippen MR) is 98.9 cm³/mol. The molecule has 3 rings (SSSR count). The van der Waals surface area contributed by atoms with Gasteiger partial charge < -0.3 is 9.47 Å². The molecule has 3 nitrogen and oxygen atoms in total. The molecule has 0 saturated carbocycles. The van der Waals surface area contributed by atoms with Crippen molar-refractivity contribution in [3.05, 3.63) is 77.1 Å². The first kappa shape index (κ1) is 24.1. The molecule has 3 aromatic rings. The van der Waals surface area contributed by atoms with Crippen LogP contribution in [0.3, 0.4) is 0 Å². The van der Waals surface area contributed by atoms with Gasteiger partial charge in [0.05, 0.1) is 5.56 Å². The Bertz CT molecular complexity index is 1160. The van der Waals surface area contributed by atoms with E-state index in [0.29, 0.717) is 18.6 Å². The van der Waals surface area contributed by atoms with Crippen LogP contribution in [0.5, 0.6) is 17.2 Å². The monoisotopic (exact) mass is 477 g/mol. The molecule has 0 aliphatic rings. The number of benzene rings is 3. The van der Waals surface area contributed by atoms with E-state index in [-0.39, 0.29) is 17.7 Å². The third-order valence-electron chi connectivity index (χ3n) is 4.50. The zero-order valence-electron chi connectivity index (χ0n) is 16.6. The van der Waals surface area contributed by atoms with E-state index >= 15 is 0 Å². The van der Waals surface area contributed by atoms with Gasteiger partial charge in [-0.1, -0.05) is 31.2 Å². The Kier molecular flexibility index (Phi) is 6.44. The lowest BCUT2D eigenvalue weighted by atomic mass is 9.98. The average molecular weight is 477 g/mol. The second kappa shape index (κ2) is 8.80. The smallest absolute Gasteiger partial charge is 0.429 e. The van der Waals surface area contributed by atoms with Crippen LogP contribution in [0, 0.1) is 17.5 Å². The highest BCUT2D eigenvalue weighted by molar-refractivity contribution is 5.72. The number of alkyl halides is 5. The minimum absolute atomic E-state index is 0.0913. The molecule has 0 unspecified atom stereocenters. The number of hydrogen-bond acceptors (Lipinski definition) is 2. The van der Waals surface area contributed by atoms with E-state index in [0.717, 1.165) is 5.56 Å². The number of hydrogen-bond donors (Lipinski definition) is 0. The van der Waals surface area contributed by atoms with Crippen LogP contribution in [0.1, 0.15) is 18.1 Å². The van der Waals surface area contributed by atoms with Gasteiger partial charge in [-0.3, -0.25) is 5.11 Å². The van der Waals surface area contributed by atoms with Crippen LogP contribution in [0.15, 0.2) is 48.5 Å². The molecule has 1 radical (unpaired) electrons. The summed E-state index contributed by atoms with van der Waals surface area (Å²) in [5.74, 6) is -9.11. The molecule has 0 aliphatic carbocycles. The van der Waals surface area contributed by atoms with Gasteiger partial charge in [-0.05, 0) is 29.7 Å². The molecule has 0 amide bonds. The second-order valence-corrected chi connectivity index (χ2v) is 6.73. The van der Waals surface area contributed by atoms with Gasteiger partial charge in [-0.15, -0.1) is 13.2 Å². The zero-order chi connectivity index (χ0) is 24.6. The highest BCUT2D eigenvalue weighted by Gasteiger charge is 2.43. The number of halogens is 8. The first-order valence-corrected chi connectivity index (χ1v) is 9.23. The molecule has 175 valence electrons. The lowest BCUT2D eigenvalue weighted by Gasteiger charge is -2.21. The van der Waals surface area contributed by atoms with Gasteiger partial charge in [0.1, 0.15) is 17.1 Å². The van der Waals surface area contributed by atoms with Gasteiger partial charge in [-0.25, -0.2) is 13.2 Å². The third kappa shape index (κ3) is 5.29. The minimum atomic E-state index is -5.24. The highest BCUT2D eigenvalue weighted by Crippen LogP contribution is 2.43. The molecule has 0 saturated heterocycles. The van der Waals surface area contributed by atoms with Crippen LogP contribution in [-0.4, -0.2) is 6.36 Å². The van der Waals surface area contributed by atoms with Gasteiger partial charge >= 0.3 is 12.5 Å². The molecule has 11 heteroatoms. The van der Waals surface area contributed by atoms with Gasteiger partial charge in [-0.2, -0.15) is 8.78 Å². The van der Waals surface area contributed by atoms with E-state index in [4.69, 9.17) is 0 Å². The van der Waals surface area contributed by atoms with Crippen LogP contribution in [0.2, 0.25) is 0 Å². The Morgan fingerprint density at radius 2 is 1.45 bits per heavy atom. The lowest BCUT2D eigenvalue weighted by Crippen LogP contribution is -2.25. The molecule has 33 heavy (non-hydrogen) atoms. The highest BCUT2D eigenvalue weighted by atomic mass is 19.4. The van der Waals surface area contributed by atoms with Crippen molar-refractivity contribution in [2.75, 3.05) is 0 Å². The number of ether oxygens (including phenoxy) is 2. The molecule has 0 N–H and O–H groups in total. The normalized spacial score (nSPS) is 12.0. The Labute approximate surface area is 181 Å². The van der Waals surface area contributed by atoms with Crippen LogP contribution in [0.4, 0.5) is 35.1 Å². The average Bonchev–Trinajstić information content (AvgIpc) is 2.68. The molecule has 0 bridgehead atoms. The summed E-state index contributed by atoms with van der Waals surface area (Å²) in [6, 6.07) is 6.76. The quantitative estimate of drug-likeness (QED) is 0.345. The fourth-order valence-corrected chi connectivity index (χ4v) is 2.99. The summed E-state index contributed by atoms with van der Waals surface area (Å²) in [5, 5.41) is 12.1. The molecular formula is C22H13F8O3. The fraction of sp³-hybridized carbons (Fsp3) is 0.182. The van der Waals surface area contributed by atoms with E-state index in [1.54, 1.807) is 0 Å². The first-order chi connectivity index (χ1) is 15.3. The Morgan fingerprint density at radius 1 is 0.818 bits per heavy atom. The maximum absolute atomic E-state index is 15.0. The van der Waals surface area contributed by atoms with Crippen molar-refractivity contribution in [2.24, 2.45) is 0 Å². The van der Waals surface area contributed by atoms with Crippen LogP contribution < -0.4 is 9.47 Å². The third-order valence-corrected chi connectivity index (χ3v) is 4.50. The van der Waals surface area contributed by atoms with Crippen molar-refractivity contribution >= 4 is 0 Å². The van der Waals surface area contributed by atoms with E-state index < -0.39 is 58.3 Å². The molecule has 0 spiro atoms. The number of aryl methyl sites for hydroxylation is 1. The van der Waals surface area contributed by atoms with Crippen molar-refractivity contribution in [2.45, 2.75) is 25.8 Å². The fourth-order valence-electron chi connectivity index (χ4n) is 2.99. The molecule has 0 aliphatic heterocycles. The lowest BCUT2D eigenvalue weighted by molar-refractivity contribution is -0.275. The first-order valence-electron chi connectivity index (χ1n) is 9.23. The molecule has 0 atom stereocenters. The van der Waals surface area contributed by atoms with Gasteiger partial charge in [0.15, 0.2) is 23.1 Å². The number of rotatable bonds is 6. The SMILES string of the molecule is CCc1ccc(-c2c([O])cc(F)c(C(F)(F)Oc3ccc(OC(F)(F)F)c(F)c3)c2F)cc1. The molecular weight excluding hydrogens is 464 g/mol. The predicted octanol–water partition coefficient (Wildman–Crippen LogP) is 7.50. The molecule has 3 aromatic carbocycles. The van der Waals surface area contributed by atoms with Gasteiger partial charge in [0.2, 0.25) is 0 Å². The van der Waals surface area contributed by atoms with E-state index in [9.17, 15) is 40.2 Å². The zero-order valence-corrected chi connectivity index (χ0v) is 16.6. The van der Waals surface area contributed by atoms with Gasteiger partial charge in [0.25, 0.3) is 0 Å². The van der Waals surface area contributed by atoms with Crippen molar-refractivity contribution in [3.8, 4) is 28.4 Å². The Hall–Kier alpha value is -3.50. The van der Waals surface area contributed by atoms with Crippen LogP contribution in [0.25, 0.3) is 11.1 Å². The summed E-state index contributed by atoms with van der Waals surface area (Å²) in [4.78, 5) is 0. The van der Waals surface area contributed by atoms with Crippen molar-refractivity contribution < 1.29 is 49.7 Å². The molecule has 0 heterocycles. The van der Waals surface area contributed by atoms with Crippen molar-refractivity contribution in [3.63, 3.8) is 0 Å². The second-order valence-electron chi connectivity index (χ2n) is 6.73. The Balaban J connectivity index is 2.00. The van der Waals surface area contributed by atoms with E-state index in [1.807, 2.05) is 6.92 Å². The maximum Gasteiger partial charge on any atom is 0.573 e. The maximum atomic E-state index is 15.0. The summed E-state index contributed by atoms with van der Waals surface area (Å²) in [7, 11) is 0. The summed E-state index contributed by atoms with van der Waals surface area (Å²) in [6.07, 6.45) is -9.40.